The van der Waals surface area contributed by atoms with Crippen molar-refractivity contribution in [1.82, 2.24) is 4.57 Å². The summed E-state index contributed by atoms with van der Waals surface area (Å²) in [5, 5.41) is 1.22. The minimum atomic E-state index is 0.217. The van der Waals surface area contributed by atoms with Crippen LogP contribution in [0.2, 0.25) is 0 Å². The van der Waals surface area contributed by atoms with Crippen molar-refractivity contribution in [2.45, 2.75) is 46.8 Å². The van der Waals surface area contributed by atoms with Gasteiger partial charge in [0.2, 0.25) is 0 Å². The summed E-state index contributed by atoms with van der Waals surface area (Å²) in [6.07, 6.45) is 3.59. The van der Waals surface area contributed by atoms with Gasteiger partial charge in [-0.2, -0.15) is 0 Å². The summed E-state index contributed by atoms with van der Waals surface area (Å²) in [6.45, 7) is 9.73. The van der Waals surface area contributed by atoms with Crippen molar-refractivity contribution in [3.05, 3.63) is 30.5 Å². The molecular formula is C16H23NO. The van der Waals surface area contributed by atoms with E-state index in [-0.39, 0.29) is 6.10 Å². The normalized spacial score (nSPS) is 11.7. The van der Waals surface area contributed by atoms with Crippen molar-refractivity contribution in [3.63, 3.8) is 0 Å². The number of aryl methyl sites for hydroxylation is 1. The van der Waals surface area contributed by atoms with Crippen LogP contribution in [0.4, 0.5) is 0 Å². The Balaban J connectivity index is 2.30. The summed E-state index contributed by atoms with van der Waals surface area (Å²) in [5.41, 5.74) is 1.27. The number of benzene rings is 1. The molecular weight excluding hydrogens is 222 g/mol. The molecule has 0 radical (unpaired) electrons. The van der Waals surface area contributed by atoms with Crippen LogP contribution in [-0.4, -0.2) is 10.7 Å². The Morgan fingerprint density at radius 3 is 2.56 bits per heavy atom. The highest BCUT2D eigenvalue weighted by molar-refractivity contribution is 5.86. The molecule has 0 bridgehead atoms. The predicted molar refractivity (Wildman–Crippen MR) is 77.2 cm³/mol. The van der Waals surface area contributed by atoms with Gasteiger partial charge in [0.1, 0.15) is 5.75 Å². The lowest BCUT2D eigenvalue weighted by molar-refractivity contribution is 0.245. The van der Waals surface area contributed by atoms with Gasteiger partial charge in [-0.15, -0.1) is 0 Å². The van der Waals surface area contributed by atoms with E-state index in [4.69, 9.17) is 4.74 Å². The smallest absolute Gasteiger partial charge is 0.129 e. The molecule has 0 atom stereocenters. The molecule has 2 aromatic rings. The molecule has 2 nitrogen and oxygen atoms in total. The second kappa shape index (κ2) is 5.47. The quantitative estimate of drug-likeness (QED) is 0.757. The monoisotopic (exact) mass is 245 g/mol. The van der Waals surface area contributed by atoms with E-state index in [0.717, 1.165) is 18.2 Å². The summed E-state index contributed by atoms with van der Waals surface area (Å²) >= 11 is 0. The van der Waals surface area contributed by atoms with Crippen LogP contribution < -0.4 is 4.74 Å². The highest BCUT2D eigenvalue weighted by Crippen LogP contribution is 2.27. The zero-order valence-corrected chi connectivity index (χ0v) is 11.8. The third-order valence-corrected chi connectivity index (χ3v) is 3.08. The van der Waals surface area contributed by atoms with E-state index in [1.165, 1.54) is 17.3 Å². The second-order valence-electron chi connectivity index (χ2n) is 5.55. The van der Waals surface area contributed by atoms with Crippen molar-refractivity contribution < 1.29 is 4.74 Å². The molecule has 0 N–H and O–H groups in total. The van der Waals surface area contributed by atoms with Crippen molar-refractivity contribution in [1.29, 1.82) is 0 Å². The van der Waals surface area contributed by atoms with Crippen LogP contribution >= 0.6 is 0 Å². The van der Waals surface area contributed by atoms with Crippen LogP contribution in [0.5, 0.6) is 5.75 Å². The molecule has 1 heterocycles. The maximum atomic E-state index is 5.85. The van der Waals surface area contributed by atoms with E-state index < -0.39 is 0 Å². The highest BCUT2D eigenvalue weighted by atomic mass is 16.5. The van der Waals surface area contributed by atoms with Gasteiger partial charge in [0.25, 0.3) is 0 Å². The summed E-state index contributed by atoms with van der Waals surface area (Å²) in [4.78, 5) is 0. The van der Waals surface area contributed by atoms with Crippen LogP contribution in [0.25, 0.3) is 10.9 Å². The minimum Gasteiger partial charge on any atom is -0.490 e. The lowest BCUT2D eigenvalue weighted by Gasteiger charge is -2.12. The first-order chi connectivity index (χ1) is 8.58. The number of rotatable bonds is 5. The SMILES string of the molecule is CC(C)CCn1ccc2c(OC(C)C)cccc21. The Kier molecular flexibility index (Phi) is 3.95. The fourth-order valence-electron chi connectivity index (χ4n) is 2.14. The third-order valence-electron chi connectivity index (χ3n) is 3.08. The van der Waals surface area contributed by atoms with Gasteiger partial charge in [0.15, 0.2) is 0 Å². The molecule has 0 amide bonds. The first-order valence-corrected chi connectivity index (χ1v) is 6.82. The molecule has 18 heavy (non-hydrogen) atoms. The number of hydrogen-bond acceptors (Lipinski definition) is 1. The summed E-state index contributed by atoms with van der Waals surface area (Å²) in [5.74, 6) is 1.73. The fourth-order valence-corrected chi connectivity index (χ4v) is 2.14. The molecule has 2 heteroatoms. The summed E-state index contributed by atoms with van der Waals surface area (Å²) < 4.78 is 8.17. The molecule has 0 aliphatic heterocycles. The van der Waals surface area contributed by atoms with E-state index in [1.807, 2.05) is 0 Å². The zero-order valence-electron chi connectivity index (χ0n) is 11.8. The van der Waals surface area contributed by atoms with Crippen LogP contribution in [-0.2, 0) is 6.54 Å². The average molecular weight is 245 g/mol. The number of nitrogens with zero attached hydrogens (tertiary/aromatic N) is 1. The molecule has 0 saturated heterocycles. The average Bonchev–Trinajstić information content (AvgIpc) is 2.70. The molecule has 0 saturated carbocycles. The Morgan fingerprint density at radius 1 is 1.11 bits per heavy atom. The molecule has 0 fully saturated rings. The van der Waals surface area contributed by atoms with Gasteiger partial charge in [0.05, 0.1) is 11.6 Å². The van der Waals surface area contributed by atoms with E-state index in [1.54, 1.807) is 0 Å². The number of hydrogen-bond donors (Lipinski definition) is 0. The molecule has 1 aromatic carbocycles. The Morgan fingerprint density at radius 2 is 1.89 bits per heavy atom. The first-order valence-electron chi connectivity index (χ1n) is 6.82. The van der Waals surface area contributed by atoms with Gasteiger partial charge in [-0.3, -0.25) is 0 Å². The number of ether oxygens (including phenoxy) is 1. The van der Waals surface area contributed by atoms with E-state index in [2.05, 4.69) is 62.7 Å². The number of fused-ring (bicyclic) bond motifs is 1. The van der Waals surface area contributed by atoms with E-state index >= 15 is 0 Å². The van der Waals surface area contributed by atoms with Crippen molar-refractivity contribution in [3.8, 4) is 5.75 Å². The largest absolute Gasteiger partial charge is 0.490 e. The van der Waals surface area contributed by atoms with Crippen LogP contribution in [0.15, 0.2) is 30.5 Å². The topological polar surface area (TPSA) is 14.2 Å². The maximum Gasteiger partial charge on any atom is 0.129 e. The maximum absolute atomic E-state index is 5.85. The molecule has 0 aliphatic rings. The fraction of sp³-hybridized carbons (Fsp3) is 0.500. The summed E-state index contributed by atoms with van der Waals surface area (Å²) in [7, 11) is 0. The third kappa shape index (κ3) is 2.87. The van der Waals surface area contributed by atoms with E-state index in [9.17, 15) is 0 Å². The molecule has 0 spiro atoms. The van der Waals surface area contributed by atoms with Crippen molar-refractivity contribution in [2.75, 3.05) is 0 Å². The van der Waals surface area contributed by atoms with Crippen LogP contribution in [0, 0.1) is 5.92 Å². The van der Waals surface area contributed by atoms with Gasteiger partial charge >= 0.3 is 0 Å². The van der Waals surface area contributed by atoms with Gasteiger partial charge in [-0.25, -0.2) is 0 Å². The van der Waals surface area contributed by atoms with Crippen LogP contribution in [0.3, 0.4) is 0 Å². The Bertz CT molecular complexity index is 511. The lowest BCUT2D eigenvalue weighted by atomic mass is 10.1. The summed E-state index contributed by atoms with van der Waals surface area (Å²) in [6, 6.07) is 8.46. The van der Waals surface area contributed by atoms with Crippen molar-refractivity contribution in [2.24, 2.45) is 5.92 Å². The Labute approximate surface area is 110 Å². The minimum absolute atomic E-state index is 0.217. The Hall–Kier alpha value is -1.44. The molecule has 98 valence electrons. The van der Waals surface area contributed by atoms with E-state index in [0.29, 0.717) is 0 Å². The molecule has 2 rings (SSSR count). The molecule has 0 unspecified atom stereocenters. The zero-order chi connectivity index (χ0) is 13.1. The molecule has 1 aromatic heterocycles. The standard InChI is InChI=1S/C16H23NO/c1-12(2)8-10-17-11-9-14-15(17)6-5-7-16(14)18-13(3)4/h5-7,9,11-13H,8,10H2,1-4H3. The first kappa shape index (κ1) is 13.0. The van der Waals surface area contributed by atoms with Gasteiger partial charge in [-0.05, 0) is 44.4 Å². The van der Waals surface area contributed by atoms with Crippen LogP contribution in [0.1, 0.15) is 34.1 Å². The number of aromatic nitrogens is 1. The highest BCUT2D eigenvalue weighted by Gasteiger charge is 2.08. The lowest BCUT2D eigenvalue weighted by Crippen LogP contribution is -2.05. The van der Waals surface area contributed by atoms with Crippen molar-refractivity contribution >= 4 is 10.9 Å². The van der Waals surface area contributed by atoms with Gasteiger partial charge in [0, 0.05) is 18.1 Å². The van der Waals surface area contributed by atoms with Gasteiger partial charge in [-0.1, -0.05) is 19.9 Å². The second-order valence-corrected chi connectivity index (χ2v) is 5.55. The predicted octanol–water partition coefficient (Wildman–Crippen LogP) is 4.47. The van der Waals surface area contributed by atoms with Gasteiger partial charge < -0.3 is 9.30 Å². The molecule has 0 aliphatic carbocycles.